The number of carbonyl (C=O) groups is 2. The Kier molecular flexibility index (Phi) is 5.54. The van der Waals surface area contributed by atoms with Crippen LogP contribution in [0.4, 0.5) is 0 Å². The second kappa shape index (κ2) is 8.05. The minimum atomic E-state index is -1.28. The first-order valence-electron chi connectivity index (χ1n) is 8.91. The molecule has 3 aromatic rings. The molecule has 0 atom stereocenters. The highest BCUT2D eigenvalue weighted by atomic mass is 16.4. The minimum Gasteiger partial charge on any atom is -0.545 e. The van der Waals surface area contributed by atoms with Gasteiger partial charge in [0.15, 0.2) is 5.69 Å². The molecule has 3 heterocycles. The van der Waals surface area contributed by atoms with Crippen molar-refractivity contribution < 1.29 is 14.7 Å². The van der Waals surface area contributed by atoms with Gasteiger partial charge in [0, 0.05) is 17.9 Å². The average Bonchev–Trinajstić information content (AvgIpc) is 3.12. The van der Waals surface area contributed by atoms with Crippen LogP contribution in [0, 0.1) is 0 Å². The van der Waals surface area contributed by atoms with Crippen LogP contribution in [0.1, 0.15) is 36.8 Å². The van der Waals surface area contributed by atoms with Crippen molar-refractivity contribution in [3.63, 3.8) is 0 Å². The molecule has 0 radical (unpaired) electrons. The number of nitrogens with one attached hydrogen (secondary N) is 1. The van der Waals surface area contributed by atoms with Crippen molar-refractivity contribution in [2.45, 2.75) is 26.3 Å². The zero-order valence-corrected chi connectivity index (χ0v) is 16.3. The van der Waals surface area contributed by atoms with Gasteiger partial charge < -0.3 is 15.2 Å². The predicted octanol–water partition coefficient (Wildman–Crippen LogP) is 1.62. The molecule has 0 saturated heterocycles. The van der Waals surface area contributed by atoms with E-state index in [1.165, 1.54) is 12.3 Å². The predicted molar refractivity (Wildman–Crippen MR) is 106 cm³/mol. The number of carboxylic acids is 1. The Labute approximate surface area is 167 Å². The van der Waals surface area contributed by atoms with E-state index in [0.717, 1.165) is 6.08 Å². The zero-order valence-electron chi connectivity index (χ0n) is 16.3. The molecule has 3 aromatic heterocycles. The molecule has 8 nitrogen and oxygen atoms in total. The molecule has 3 rings (SSSR count). The number of hydrogen-bond donors (Lipinski definition) is 1. The van der Waals surface area contributed by atoms with Crippen molar-refractivity contribution in [3.8, 4) is 17.1 Å². The number of amides is 1. The standard InChI is InChI=1S/C21H21N5O3/c1-21(2,3)24-20(29)17-11-18(26(25-17)15-5-4-10-22-13-15)16-8-6-14(12-23-16)7-9-19(27)28/h4-13H,1-3H3,(H,24,29)(H,27,28)/p-1/b9-7+. The summed E-state index contributed by atoms with van der Waals surface area (Å²) >= 11 is 0. The van der Waals surface area contributed by atoms with E-state index in [1.807, 2.05) is 26.8 Å². The molecule has 0 aliphatic carbocycles. The van der Waals surface area contributed by atoms with Crippen LogP contribution in [0.3, 0.4) is 0 Å². The lowest BCUT2D eigenvalue weighted by Gasteiger charge is -2.19. The second-order valence-corrected chi connectivity index (χ2v) is 7.37. The number of rotatable bonds is 5. The molecule has 0 aromatic carbocycles. The van der Waals surface area contributed by atoms with Crippen molar-refractivity contribution in [2.75, 3.05) is 0 Å². The van der Waals surface area contributed by atoms with Crippen LogP contribution in [-0.4, -0.2) is 37.2 Å². The van der Waals surface area contributed by atoms with Crippen LogP contribution in [0.25, 0.3) is 23.2 Å². The Balaban J connectivity index is 2.02. The van der Waals surface area contributed by atoms with E-state index >= 15 is 0 Å². The Bertz CT molecular complexity index is 1050. The Morgan fingerprint density at radius 1 is 1.17 bits per heavy atom. The van der Waals surface area contributed by atoms with Gasteiger partial charge in [0.25, 0.3) is 5.91 Å². The maximum absolute atomic E-state index is 12.6. The highest BCUT2D eigenvalue weighted by Crippen LogP contribution is 2.23. The summed E-state index contributed by atoms with van der Waals surface area (Å²) in [5.41, 5.74) is 2.31. The minimum absolute atomic E-state index is 0.251. The summed E-state index contributed by atoms with van der Waals surface area (Å²) in [6, 6.07) is 8.71. The molecular formula is C21H20N5O3-. The van der Waals surface area contributed by atoms with Crippen molar-refractivity contribution in [1.82, 2.24) is 25.1 Å². The third-order valence-corrected chi connectivity index (χ3v) is 3.78. The summed E-state index contributed by atoms with van der Waals surface area (Å²) in [5.74, 6) is -1.58. The summed E-state index contributed by atoms with van der Waals surface area (Å²) in [4.78, 5) is 31.6. The molecule has 1 amide bonds. The summed E-state index contributed by atoms with van der Waals surface area (Å²) in [6.07, 6.45) is 7.15. The quantitative estimate of drug-likeness (QED) is 0.663. The lowest BCUT2D eigenvalue weighted by atomic mass is 10.1. The fourth-order valence-electron chi connectivity index (χ4n) is 2.57. The number of nitrogens with zero attached hydrogens (tertiary/aromatic N) is 4. The van der Waals surface area contributed by atoms with Crippen molar-refractivity contribution >= 4 is 18.0 Å². The zero-order chi connectivity index (χ0) is 21.0. The Morgan fingerprint density at radius 3 is 2.55 bits per heavy atom. The summed E-state index contributed by atoms with van der Waals surface area (Å²) in [6.45, 7) is 5.68. The first-order chi connectivity index (χ1) is 13.7. The van der Waals surface area contributed by atoms with E-state index in [-0.39, 0.29) is 11.6 Å². The van der Waals surface area contributed by atoms with E-state index in [4.69, 9.17) is 0 Å². The van der Waals surface area contributed by atoms with Crippen LogP contribution in [0.2, 0.25) is 0 Å². The lowest BCUT2D eigenvalue weighted by molar-refractivity contribution is -0.297. The van der Waals surface area contributed by atoms with Gasteiger partial charge in [-0.05, 0) is 56.7 Å². The van der Waals surface area contributed by atoms with Crippen LogP contribution in [-0.2, 0) is 4.79 Å². The molecule has 0 bridgehead atoms. The fraction of sp³-hybridized carbons (Fsp3) is 0.190. The van der Waals surface area contributed by atoms with Crippen molar-refractivity contribution in [2.24, 2.45) is 0 Å². The van der Waals surface area contributed by atoms with Crippen LogP contribution < -0.4 is 10.4 Å². The van der Waals surface area contributed by atoms with Crippen molar-refractivity contribution in [1.29, 1.82) is 0 Å². The molecule has 0 fully saturated rings. The monoisotopic (exact) mass is 390 g/mol. The van der Waals surface area contributed by atoms with E-state index in [1.54, 1.807) is 41.3 Å². The van der Waals surface area contributed by atoms with Crippen molar-refractivity contribution in [3.05, 3.63) is 66.3 Å². The number of aromatic nitrogens is 4. The van der Waals surface area contributed by atoms with Gasteiger partial charge in [-0.25, -0.2) is 4.68 Å². The Hall–Kier alpha value is -3.81. The molecule has 8 heteroatoms. The molecular weight excluding hydrogens is 370 g/mol. The number of carboxylic acid groups (broad SMARTS) is 1. The van der Waals surface area contributed by atoms with Gasteiger partial charge in [0.2, 0.25) is 0 Å². The van der Waals surface area contributed by atoms with Gasteiger partial charge in [0.1, 0.15) is 0 Å². The number of hydrogen-bond acceptors (Lipinski definition) is 6. The van der Waals surface area contributed by atoms with E-state index in [9.17, 15) is 14.7 Å². The molecule has 0 aliphatic rings. The second-order valence-electron chi connectivity index (χ2n) is 7.37. The molecule has 0 saturated carbocycles. The van der Waals surface area contributed by atoms with E-state index < -0.39 is 11.5 Å². The largest absolute Gasteiger partial charge is 0.545 e. The maximum Gasteiger partial charge on any atom is 0.272 e. The normalized spacial score (nSPS) is 11.6. The first-order valence-corrected chi connectivity index (χ1v) is 8.91. The summed E-state index contributed by atoms with van der Waals surface area (Å²) in [7, 11) is 0. The highest BCUT2D eigenvalue weighted by molar-refractivity contribution is 5.94. The average molecular weight is 390 g/mol. The van der Waals surface area contributed by atoms with Gasteiger partial charge >= 0.3 is 0 Å². The first kappa shape index (κ1) is 19.9. The Morgan fingerprint density at radius 2 is 1.97 bits per heavy atom. The third-order valence-electron chi connectivity index (χ3n) is 3.78. The molecule has 29 heavy (non-hydrogen) atoms. The van der Waals surface area contributed by atoms with Crippen LogP contribution >= 0.6 is 0 Å². The fourth-order valence-corrected chi connectivity index (χ4v) is 2.57. The highest BCUT2D eigenvalue weighted by Gasteiger charge is 2.21. The van der Waals surface area contributed by atoms with E-state index in [0.29, 0.717) is 22.6 Å². The molecule has 0 spiro atoms. The van der Waals surface area contributed by atoms with Crippen LogP contribution in [0.15, 0.2) is 55.0 Å². The topological polar surface area (TPSA) is 113 Å². The number of pyridine rings is 2. The van der Waals surface area contributed by atoms with E-state index in [2.05, 4.69) is 20.4 Å². The lowest BCUT2D eigenvalue weighted by Crippen LogP contribution is -2.40. The molecule has 0 aliphatic heterocycles. The molecule has 148 valence electrons. The summed E-state index contributed by atoms with van der Waals surface area (Å²) in [5, 5.41) is 17.9. The number of carbonyl (C=O) groups excluding carboxylic acids is 2. The van der Waals surface area contributed by atoms with Gasteiger partial charge in [0.05, 0.1) is 29.2 Å². The number of aliphatic carboxylic acids is 1. The van der Waals surface area contributed by atoms with Gasteiger partial charge in [-0.1, -0.05) is 12.1 Å². The van der Waals surface area contributed by atoms with Gasteiger partial charge in [-0.15, -0.1) is 0 Å². The smallest absolute Gasteiger partial charge is 0.272 e. The van der Waals surface area contributed by atoms with Gasteiger partial charge in [-0.3, -0.25) is 14.8 Å². The SMILES string of the molecule is CC(C)(C)NC(=O)c1cc(-c2ccc(/C=C/C(=O)[O-])cn2)n(-c2cccnc2)n1. The third kappa shape index (κ3) is 5.13. The summed E-state index contributed by atoms with van der Waals surface area (Å²) < 4.78 is 1.60. The molecule has 1 N–H and O–H groups in total. The van der Waals surface area contributed by atoms with Crippen LogP contribution in [0.5, 0.6) is 0 Å². The molecule has 0 unspecified atom stereocenters. The maximum atomic E-state index is 12.6. The van der Waals surface area contributed by atoms with Gasteiger partial charge in [-0.2, -0.15) is 5.10 Å².